The van der Waals surface area contributed by atoms with Gasteiger partial charge in [0.1, 0.15) is 0 Å². The molecule has 0 saturated carbocycles. The number of hydrogen-bond donors (Lipinski definition) is 1. The summed E-state index contributed by atoms with van der Waals surface area (Å²) in [7, 11) is 0. The first-order valence-electron chi connectivity index (χ1n) is 6.32. The minimum atomic E-state index is 0.428. The normalized spacial score (nSPS) is 12.6. The molecule has 0 aliphatic rings. The highest BCUT2D eigenvalue weighted by Crippen LogP contribution is 2.25. The SMILES string of the molecule is CCNC(CCc1ccc(Cl)s1)c1ccccc1. The molecule has 1 heterocycles. The van der Waals surface area contributed by atoms with Crippen LogP contribution in [0.1, 0.15) is 29.8 Å². The minimum Gasteiger partial charge on any atom is -0.310 e. The van der Waals surface area contributed by atoms with Crippen molar-refractivity contribution in [3.8, 4) is 0 Å². The molecule has 0 fully saturated rings. The molecule has 1 N–H and O–H groups in total. The van der Waals surface area contributed by atoms with Crippen molar-refractivity contribution < 1.29 is 0 Å². The van der Waals surface area contributed by atoms with Gasteiger partial charge in [0.05, 0.1) is 4.34 Å². The van der Waals surface area contributed by atoms with Gasteiger partial charge in [-0.25, -0.2) is 0 Å². The van der Waals surface area contributed by atoms with Gasteiger partial charge in [-0.1, -0.05) is 48.9 Å². The van der Waals surface area contributed by atoms with E-state index >= 15 is 0 Å². The zero-order valence-electron chi connectivity index (χ0n) is 10.5. The molecular weight excluding hydrogens is 262 g/mol. The number of thiophene rings is 1. The van der Waals surface area contributed by atoms with Gasteiger partial charge in [-0.2, -0.15) is 0 Å². The zero-order valence-corrected chi connectivity index (χ0v) is 12.1. The lowest BCUT2D eigenvalue weighted by Gasteiger charge is -2.17. The standard InChI is InChI=1S/C15H18ClNS/c1-2-17-14(12-6-4-3-5-7-12)10-8-13-9-11-15(16)18-13/h3-7,9,11,14,17H,2,8,10H2,1H3. The second-order valence-electron chi connectivity index (χ2n) is 4.27. The Kier molecular flexibility index (Phi) is 5.24. The summed E-state index contributed by atoms with van der Waals surface area (Å²) in [6.45, 7) is 3.14. The van der Waals surface area contributed by atoms with Crippen LogP contribution in [-0.4, -0.2) is 6.54 Å². The van der Waals surface area contributed by atoms with Gasteiger partial charge in [-0.3, -0.25) is 0 Å². The van der Waals surface area contributed by atoms with E-state index in [1.54, 1.807) is 11.3 Å². The Hall–Kier alpha value is -0.830. The maximum atomic E-state index is 5.96. The van der Waals surface area contributed by atoms with Gasteiger partial charge in [0.15, 0.2) is 0 Å². The number of halogens is 1. The van der Waals surface area contributed by atoms with Gasteiger partial charge in [0.2, 0.25) is 0 Å². The Morgan fingerprint density at radius 2 is 1.94 bits per heavy atom. The van der Waals surface area contributed by atoms with Crippen LogP contribution >= 0.6 is 22.9 Å². The highest BCUT2D eigenvalue weighted by atomic mass is 35.5. The Balaban J connectivity index is 1.98. The van der Waals surface area contributed by atoms with Crippen molar-refractivity contribution in [1.82, 2.24) is 5.32 Å². The van der Waals surface area contributed by atoms with E-state index in [-0.39, 0.29) is 0 Å². The summed E-state index contributed by atoms with van der Waals surface area (Å²) in [6, 6.07) is 15.2. The van der Waals surface area contributed by atoms with Crippen LogP contribution in [0.25, 0.3) is 0 Å². The maximum Gasteiger partial charge on any atom is 0.0931 e. The quantitative estimate of drug-likeness (QED) is 0.809. The van der Waals surface area contributed by atoms with Crippen molar-refractivity contribution in [2.24, 2.45) is 0 Å². The van der Waals surface area contributed by atoms with Crippen molar-refractivity contribution in [3.63, 3.8) is 0 Å². The van der Waals surface area contributed by atoms with Crippen molar-refractivity contribution in [3.05, 3.63) is 57.2 Å². The third kappa shape index (κ3) is 3.84. The number of aryl methyl sites for hydroxylation is 1. The largest absolute Gasteiger partial charge is 0.310 e. The van der Waals surface area contributed by atoms with Crippen molar-refractivity contribution in [2.45, 2.75) is 25.8 Å². The molecule has 1 atom stereocenters. The second kappa shape index (κ2) is 6.93. The molecule has 0 bridgehead atoms. The molecule has 0 radical (unpaired) electrons. The highest BCUT2D eigenvalue weighted by molar-refractivity contribution is 7.16. The summed E-state index contributed by atoms with van der Waals surface area (Å²) in [5, 5.41) is 3.55. The molecule has 0 saturated heterocycles. The lowest BCUT2D eigenvalue weighted by molar-refractivity contribution is 0.517. The summed E-state index contributed by atoms with van der Waals surface area (Å²) in [5.41, 5.74) is 1.36. The fourth-order valence-corrected chi connectivity index (χ4v) is 3.19. The third-order valence-corrected chi connectivity index (χ3v) is 4.25. The first-order chi connectivity index (χ1) is 8.79. The maximum absolute atomic E-state index is 5.96. The van der Waals surface area contributed by atoms with Crippen molar-refractivity contribution in [1.29, 1.82) is 0 Å². The second-order valence-corrected chi connectivity index (χ2v) is 6.07. The average Bonchev–Trinajstić information content (AvgIpc) is 2.81. The van der Waals surface area contributed by atoms with Gasteiger partial charge < -0.3 is 5.32 Å². The first kappa shape index (κ1) is 13.6. The molecule has 1 aromatic carbocycles. The monoisotopic (exact) mass is 279 g/mol. The number of benzene rings is 1. The van der Waals surface area contributed by atoms with Crippen molar-refractivity contribution >= 4 is 22.9 Å². The summed E-state index contributed by atoms with van der Waals surface area (Å²) in [5.74, 6) is 0. The molecule has 18 heavy (non-hydrogen) atoms. The van der Waals surface area contributed by atoms with Crippen molar-refractivity contribution in [2.75, 3.05) is 6.54 Å². The van der Waals surface area contributed by atoms with Gasteiger partial charge in [0.25, 0.3) is 0 Å². The fourth-order valence-electron chi connectivity index (χ4n) is 2.09. The van der Waals surface area contributed by atoms with Crippen LogP contribution < -0.4 is 5.32 Å². The third-order valence-electron chi connectivity index (χ3n) is 2.96. The van der Waals surface area contributed by atoms with Crippen LogP contribution in [0.5, 0.6) is 0 Å². The summed E-state index contributed by atoms with van der Waals surface area (Å²) in [6.07, 6.45) is 2.18. The average molecular weight is 280 g/mol. The van der Waals surface area contributed by atoms with E-state index in [1.807, 2.05) is 6.07 Å². The van der Waals surface area contributed by atoms with Gasteiger partial charge in [0, 0.05) is 10.9 Å². The summed E-state index contributed by atoms with van der Waals surface area (Å²) in [4.78, 5) is 1.36. The topological polar surface area (TPSA) is 12.0 Å². The molecule has 0 spiro atoms. The van der Waals surface area contributed by atoms with Crippen LogP contribution in [0.15, 0.2) is 42.5 Å². The van der Waals surface area contributed by atoms with Gasteiger partial charge in [-0.15, -0.1) is 11.3 Å². The molecular formula is C15H18ClNS. The first-order valence-corrected chi connectivity index (χ1v) is 7.51. The van der Waals surface area contributed by atoms with E-state index in [4.69, 9.17) is 11.6 Å². The zero-order chi connectivity index (χ0) is 12.8. The Morgan fingerprint density at radius 1 is 1.17 bits per heavy atom. The Morgan fingerprint density at radius 3 is 2.56 bits per heavy atom. The minimum absolute atomic E-state index is 0.428. The fraction of sp³-hybridized carbons (Fsp3) is 0.333. The van der Waals surface area contributed by atoms with E-state index in [0.717, 1.165) is 23.7 Å². The molecule has 1 nitrogen and oxygen atoms in total. The van der Waals surface area contributed by atoms with E-state index in [1.165, 1.54) is 10.4 Å². The smallest absolute Gasteiger partial charge is 0.0931 e. The Bertz CT molecular complexity index is 466. The summed E-state index contributed by atoms with van der Waals surface area (Å²) >= 11 is 7.64. The van der Waals surface area contributed by atoms with Crippen LogP contribution in [-0.2, 0) is 6.42 Å². The number of nitrogens with one attached hydrogen (secondary N) is 1. The van der Waals surface area contributed by atoms with Gasteiger partial charge >= 0.3 is 0 Å². The number of hydrogen-bond acceptors (Lipinski definition) is 2. The van der Waals surface area contributed by atoms with Crippen LogP contribution in [0.3, 0.4) is 0 Å². The van der Waals surface area contributed by atoms with E-state index < -0.39 is 0 Å². The molecule has 2 rings (SSSR count). The lowest BCUT2D eigenvalue weighted by atomic mass is 10.0. The van der Waals surface area contributed by atoms with Crippen LogP contribution in [0.4, 0.5) is 0 Å². The highest BCUT2D eigenvalue weighted by Gasteiger charge is 2.10. The molecule has 0 aliphatic carbocycles. The molecule has 1 aromatic heterocycles. The predicted octanol–water partition coefficient (Wildman–Crippen LogP) is 4.68. The summed E-state index contributed by atoms with van der Waals surface area (Å²) < 4.78 is 0.879. The van der Waals surface area contributed by atoms with Gasteiger partial charge in [-0.05, 0) is 37.1 Å². The Labute approximate surface area is 118 Å². The lowest BCUT2D eigenvalue weighted by Crippen LogP contribution is -2.21. The van der Waals surface area contributed by atoms with Crippen LogP contribution in [0, 0.1) is 0 Å². The van der Waals surface area contributed by atoms with E-state index in [2.05, 4.69) is 48.6 Å². The van der Waals surface area contributed by atoms with Crippen LogP contribution in [0.2, 0.25) is 4.34 Å². The number of rotatable bonds is 6. The predicted molar refractivity (Wildman–Crippen MR) is 80.5 cm³/mol. The molecule has 0 aliphatic heterocycles. The molecule has 0 amide bonds. The molecule has 2 aromatic rings. The van der Waals surface area contributed by atoms with E-state index in [0.29, 0.717) is 6.04 Å². The molecule has 3 heteroatoms. The molecule has 96 valence electrons. The van der Waals surface area contributed by atoms with E-state index in [9.17, 15) is 0 Å². The molecule has 1 unspecified atom stereocenters.